The maximum Gasteiger partial charge on any atom is 0.228 e. The number of anilines is 2. The molecule has 0 atom stereocenters. The summed E-state index contributed by atoms with van der Waals surface area (Å²) in [6.45, 7) is 0. The van der Waals surface area contributed by atoms with E-state index in [0.717, 1.165) is 0 Å². The number of halogens is 2. The van der Waals surface area contributed by atoms with Crippen molar-refractivity contribution in [2.75, 3.05) is 5.32 Å². The van der Waals surface area contributed by atoms with Gasteiger partial charge >= 0.3 is 0 Å². The van der Waals surface area contributed by atoms with E-state index in [1.54, 1.807) is 24.4 Å². The standard InChI is InChI=1S/C10H7BrFN3/c11-9-4-5-13-10(15-9)14-8-3-1-2-7(12)6-8/h1-6H,(H,13,14,15). The van der Waals surface area contributed by atoms with Crippen molar-refractivity contribution in [3.63, 3.8) is 0 Å². The highest BCUT2D eigenvalue weighted by molar-refractivity contribution is 9.10. The molecule has 0 amide bonds. The van der Waals surface area contributed by atoms with Crippen LogP contribution in [-0.4, -0.2) is 9.97 Å². The molecule has 15 heavy (non-hydrogen) atoms. The van der Waals surface area contributed by atoms with Crippen LogP contribution >= 0.6 is 15.9 Å². The van der Waals surface area contributed by atoms with Crippen molar-refractivity contribution in [2.45, 2.75) is 0 Å². The Morgan fingerprint density at radius 1 is 1.27 bits per heavy atom. The molecule has 0 aliphatic carbocycles. The third-order valence-corrected chi connectivity index (χ3v) is 2.14. The van der Waals surface area contributed by atoms with E-state index >= 15 is 0 Å². The van der Waals surface area contributed by atoms with Crippen molar-refractivity contribution in [1.29, 1.82) is 0 Å². The Hall–Kier alpha value is -1.49. The Kier molecular flexibility index (Phi) is 2.91. The summed E-state index contributed by atoms with van der Waals surface area (Å²) < 4.78 is 13.5. The third-order valence-electron chi connectivity index (χ3n) is 1.70. The first kappa shape index (κ1) is 10.0. The molecule has 0 unspecified atom stereocenters. The first-order valence-corrected chi connectivity index (χ1v) is 5.04. The van der Waals surface area contributed by atoms with Gasteiger partial charge in [0.15, 0.2) is 0 Å². The van der Waals surface area contributed by atoms with Gasteiger partial charge < -0.3 is 5.32 Å². The molecule has 1 heterocycles. The van der Waals surface area contributed by atoms with E-state index in [2.05, 4.69) is 31.2 Å². The first-order chi connectivity index (χ1) is 7.24. The Balaban J connectivity index is 2.22. The lowest BCUT2D eigenvalue weighted by molar-refractivity contribution is 0.628. The fourth-order valence-electron chi connectivity index (χ4n) is 1.09. The number of hydrogen-bond acceptors (Lipinski definition) is 3. The zero-order valence-corrected chi connectivity index (χ0v) is 9.20. The molecule has 76 valence electrons. The normalized spacial score (nSPS) is 10.0. The number of nitrogens with zero attached hydrogens (tertiary/aromatic N) is 2. The lowest BCUT2D eigenvalue weighted by atomic mass is 10.3. The zero-order chi connectivity index (χ0) is 10.7. The second-order valence-electron chi connectivity index (χ2n) is 2.84. The maximum atomic E-state index is 12.9. The maximum absolute atomic E-state index is 12.9. The Bertz CT molecular complexity index is 432. The number of rotatable bonds is 2. The molecule has 0 aliphatic heterocycles. The fourth-order valence-corrected chi connectivity index (χ4v) is 1.38. The molecule has 0 radical (unpaired) electrons. The molecular formula is C10H7BrFN3. The van der Waals surface area contributed by atoms with Gasteiger partial charge in [0.1, 0.15) is 10.4 Å². The molecule has 3 nitrogen and oxygen atoms in total. The van der Waals surface area contributed by atoms with Crippen LogP contribution < -0.4 is 5.32 Å². The minimum atomic E-state index is -0.296. The number of benzene rings is 1. The van der Waals surface area contributed by atoms with Crippen LogP contribution in [0.1, 0.15) is 0 Å². The van der Waals surface area contributed by atoms with Crippen LogP contribution in [0.4, 0.5) is 16.0 Å². The van der Waals surface area contributed by atoms with Crippen molar-refractivity contribution in [1.82, 2.24) is 9.97 Å². The predicted molar refractivity (Wildman–Crippen MR) is 59.4 cm³/mol. The molecule has 0 saturated heterocycles. The van der Waals surface area contributed by atoms with Crippen LogP contribution in [0.25, 0.3) is 0 Å². The molecule has 0 bridgehead atoms. The van der Waals surface area contributed by atoms with Gasteiger partial charge in [-0.2, -0.15) is 0 Å². The lowest BCUT2D eigenvalue weighted by Crippen LogP contribution is -1.96. The summed E-state index contributed by atoms with van der Waals surface area (Å²) in [5.41, 5.74) is 0.619. The highest BCUT2D eigenvalue weighted by atomic mass is 79.9. The van der Waals surface area contributed by atoms with Crippen LogP contribution in [-0.2, 0) is 0 Å². The zero-order valence-electron chi connectivity index (χ0n) is 7.61. The van der Waals surface area contributed by atoms with Crippen LogP contribution in [0.15, 0.2) is 41.1 Å². The van der Waals surface area contributed by atoms with Gasteiger partial charge in [0.05, 0.1) is 0 Å². The highest BCUT2D eigenvalue weighted by Crippen LogP contribution is 2.15. The predicted octanol–water partition coefficient (Wildman–Crippen LogP) is 3.12. The van der Waals surface area contributed by atoms with Crippen molar-refractivity contribution in [3.8, 4) is 0 Å². The van der Waals surface area contributed by atoms with Crippen molar-refractivity contribution >= 4 is 27.6 Å². The van der Waals surface area contributed by atoms with E-state index in [1.807, 2.05) is 0 Å². The molecule has 0 spiro atoms. The van der Waals surface area contributed by atoms with Crippen LogP contribution in [0.3, 0.4) is 0 Å². The van der Waals surface area contributed by atoms with Gasteiger partial charge in [-0.05, 0) is 40.2 Å². The lowest BCUT2D eigenvalue weighted by Gasteiger charge is -2.03. The third kappa shape index (κ3) is 2.73. The van der Waals surface area contributed by atoms with Crippen molar-refractivity contribution < 1.29 is 4.39 Å². The Labute approximate surface area is 94.5 Å². The van der Waals surface area contributed by atoms with E-state index in [1.165, 1.54) is 12.1 Å². The topological polar surface area (TPSA) is 37.8 Å². The summed E-state index contributed by atoms with van der Waals surface area (Å²) in [7, 11) is 0. The summed E-state index contributed by atoms with van der Waals surface area (Å²) in [5, 5.41) is 2.89. The summed E-state index contributed by atoms with van der Waals surface area (Å²) in [4.78, 5) is 8.06. The average molecular weight is 268 g/mol. The molecular weight excluding hydrogens is 261 g/mol. The summed E-state index contributed by atoms with van der Waals surface area (Å²) in [5.74, 6) is 0.130. The summed E-state index contributed by atoms with van der Waals surface area (Å²) in [6.07, 6.45) is 1.61. The average Bonchev–Trinajstić information content (AvgIpc) is 2.17. The number of hydrogen-bond donors (Lipinski definition) is 1. The first-order valence-electron chi connectivity index (χ1n) is 4.25. The SMILES string of the molecule is Fc1cccc(Nc2nccc(Br)n2)c1. The van der Waals surface area contributed by atoms with Gasteiger partial charge in [0.2, 0.25) is 5.95 Å². The molecule has 2 rings (SSSR count). The van der Waals surface area contributed by atoms with E-state index in [9.17, 15) is 4.39 Å². The van der Waals surface area contributed by atoms with Gasteiger partial charge in [0, 0.05) is 11.9 Å². The molecule has 0 aliphatic rings. The van der Waals surface area contributed by atoms with Gasteiger partial charge in [-0.3, -0.25) is 0 Å². The summed E-state index contributed by atoms with van der Waals surface area (Å²) in [6, 6.07) is 7.84. The molecule has 2 aromatic rings. The van der Waals surface area contributed by atoms with E-state index in [4.69, 9.17) is 0 Å². The Morgan fingerprint density at radius 3 is 2.87 bits per heavy atom. The molecule has 5 heteroatoms. The second kappa shape index (κ2) is 4.35. The summed E-state index contributed by atoms with van der Waals surface area (Å²) >= 11 is 3.22. The van der Waals surface area contributed by atoms with Gasteiger partial charge in [-0.25, -0.2) is 14.4 Å². The van der Waals surface area contributed by atoms with Gasteiger partial charge in [-0.1, -0.05) is 6.07 Å². The number of nitrogens with one attached hydrogen (secondary N) is 1. The van der Waals surface area contributed by atoms with Crippen molar-refractivity contribution in [3.05, 3.63) is 46.9 Å². The quantitative estimate of drug-likeness (QED) is 0.850. The van der Waals surface area contributed by atoms with E-state index < -0.39 is 0 Å². The van der Waals surface area contributed by atoms with Crippen molar-refractivity contribution in [2.24, 2.45) is 0 Å². The monoisotopic (exact) mass is 267 g/mol. The minimum absolute atomic E-state index is 0.296. The van der Waals surface area contributed by atoms with E-state index in [-0.39, 0.29) is 5.82 Å². The van der Waals surface area contributed by atoms with E-state index in [0.29, 0.717) is 16.2 Å². The molecule has 0 saturated carbocycles. The number of aromatic nitrogens is 2. The van der Waals surface area contributed by atoms with Crippen LogP contribution in [0, 0.1) is 5.82 Å². The molecule has 1 N–H and O–H groups in total. The largest absolute Gasteiger partial charge is 0.324 e. The smallest absolute Gasteiger partial charge is 0.228 e. The molecule has 1 aromatic heterocycles. The molecule has 0 fully saturated rings. The highest BCUT2D eigenvalue weighted by Gasteiger charge is 1.98. The van der Waals surface area contributed by atoms with Gasteiger partial charge in [-0.15, -0.1) is 0 Å². The molecule has 1 aromatic carbocycles. The van der Waals surface area contributed by atoms with Crippen LogP contribution in [0.5, 0.6) is 0 Å². The fraction of sp³-hybridized carbons (Fsp3) is 0. The second-order valence-corrected chi connectivity index (χ2v) is 3.65. The minimum Gasteiger partial charge on any atom is -0.324 e. The van der Waals surface area contributed by atoms with Gasteiger partial charge in [0.25, 0.3) is 0 Å². The Morgan fingerprint density at radius 2 is 2.13 bits per heavy atom. The van der Waals surface area contributed by atoms with Crippen LogP contribution in [0.2, 0.25) is 0 Å².